The molecule has 0 heterocycles. The fourth-order valence-electron chi connectivity index (χ4n) is 9.40. The van der Waals surface area contributed by atoms with Crippen molar-refractivity contribution < 1.29 is 28.6 Å². The van der Waals surface area contributed by atoms with Gasteiger partial charge in [0, 0.05) is 19.3 Å². The number of esters is 3. The first-order valence-electron chi connectivity index (χ1n) is 34.0. The van der Waals surface area contributed by atoms with E-state index in [4.69, 9.17) is 14.2 Å². The van der Waals surface area contributed by atoms with E-state index in [0.29, 0.717) is 19.3 Å². The lowest BCUT2D eigenvalue weighted by Gasteiger charge is -2.18. The van der Waals surface area contributed by atoms with Gasteiger partial charge in [0.05, 0.1) is 0 Å². The van der Waals surface area contributed by atoms with Crippen LogP contribution in [0.4, 0.5) is 0 Å². The smallest absolute Gasteiger partial charge is 0.306 e. The summed E-state index contributed by atoms with van der Waals surface area (Å²) < 4.78 is 17.0. The number of hydrogen-bond donors (Lipinski definition) is 0. The Bertz CT molecular complexity index is 1670. The molecule has 0 rings (SSSR count). The van der Waals surface area contributed by atoms with E-state index in [1.54, 1.807) is 0 Å². The van der Waals surface area contributed by atoms with Crippen LogP contribution in [-0.2, 0) is 28.6 Å². The molecule has 0 aromatic rings. The predicted molar refractivity (Wildman–Crippen MR) is 353 cm³/mol. The van der Waals surface area contributed by atoms with Crippen LogP contribution in [0.25, 0.3) is 0 Å². The maximum Gasteiger partial charge on any atom is 0.306 e. The zero-order valence-corrected chi connectivity index (χ0v) is 53.0. The molecule has 0 N–H and O–H groups in total. The number of carbonyl (C=O) groups is 3. The van der Waals surface area contributed by atoms with Crippen molar-refractivity contribution in [2.24, 2.45) is 0 Å². The lowest BCUT2D eigenvalue weighted by atomic mass is 10.1. The summed E-state index contributed by atoms with van der Waals surface area (Å²) >= 11 is 0. The summed E-state index contributed by atoms with van der Waals surface area (Å²) in [5.41, 5.74) is 0. The Kier molecular flexibility index (Phi) is 64.8. The van der Waals surface area contributed by atoms with Gasteiger partial charge in [-0.15, -0.1) is 0 Å². The van der Waals surface area contributed by atoms with Crippen LogP contribution in [0.3, 0.4) is 0 Å². The van der Waals surface area contributed by atoms with E-state index < -0.39 is 6.10 Å². The van der Waals surface area contributed by atoms with E-state index in [2.05, 4.69) is 142 Å². The third-order valence-corrected chi connectivity index (χ3v) is 14.4. The molecule has 1 unspecified atom stereocenters. The van der Waals surface area contributed by atoms with Crippen molar-refractivity contribution in [3.63, 3.8) is 0 Å². The Morgan fingerprint density at radius 1 is 0.259 bits per heavy atom. The van der Waals surface area contributed by atoms with E-state index >= 15 is 0 Å². The Labute approximate surface area is 501 Å². The van der Waals surface area contributed by atoms with Crippen molar-refractivity contribution in [2.75, 3.05) is 13.2 Å². The molecule has 1 atom stereocenters. The summed E-state index contributed by atoms with van der Waals surface area (Å²) in [6, 6.07) is 0. The highest BCUT2D eigenvalue weighted by Crippen LogP contribution is 2.16. The zero-order chi connectivity index (χ0) is 58.5. The van der Waals surface area contributed by atoms with Gasteiger partial charge in [0.2, 0.25) is 0 Å². The monoisotopic (exact) mass is 1120 g/mol. The molecule has 0 aliphatic rings. The fraction of sp³-hybridized carbons (Fsp3) is 0.693. The average Bonchev–Trinajstić information content (AvgIpc) is 3.47. The second kappa shape index (κ2) is 68.3. The van der Waals surface area contributed by atoms with Crippen molar-refractivity contribution in [1.82, 2.24) is 0 Å². The van der Waals surface area contributed by atoms with Gasteiger partial charge in [-0.25, -0.2) is 0 Å². The van der Waals surface area contributed by atoms with E-state index in [1.807, 2.05) is 0 Å². The van der Waals surface area contributed by atoms with Crippen LogP contribution >= 0.6 is 0 Å². The molecule has 462 valence electrons. The third-order valence-electron chi connectivity index (χ3n) is 14.4. The van der Waals surface area contributed by atoms with Crippen molar-refractivity contribution in [2.45, 2.75) is 322 Å². The normalized spacial score (nSPS) is 12.9. The molecule has 0 bridgehead atoms. The molecule has 0 aromatic carbocycles. The molecule has 0 spiro atoms. The summed E-state index contributed by atoms with van der Waals surface area (Å²) in [5.74, 6) is -0.895. The van der Waals surface area contributed by atoms with Gasteiger partial charge in [0.15, 0.2) is 6.10 Å². The summed E-state index contributed by atoms with van der Waals surface area (Å²) in [6.45, 7) is 6.42. The molecule has 6 heteroatoms. The highest BCUT2D eigenvalue weighted by Gasteiger charge is 2.19. The van der Waals surface area contributed by atoms with Crippen LogP contribution in [0.1, 0.15) is 316 Å². The number of ether oxygens (including phenoxy) is 3. The molecule has 0 saturated heterocycles. The van der Waals surface area contributed by atoms with Gasteiger partial charge in [-0.3, -0.25) is 14.4 Å². The Morgan fingerprint density at radius 2 is 0.481 bits per heavy atom. The van der Waals surface area contributed by atoms with Crippen LogP contribution < -0.4 is 0 Å². The molecule has 0 aliphatic heterocycles. The molecule has 0 aromatic heterocycles. The van der Waals surface area contributed by atoms with Crippen molar-refractivity contribution in [3.8, 4) is 0 Å². The maximum absolute atomic E-state index is 13.0. The number of rotatable bonds is 61. The van der Waals surface area contributed by atoms with Gasteiger partial charge >= 0.3 is 17.9 Å². The maximum atomic E-state index is 13.0. The number of hydrogen-bond acceptors (Lipinski definition) is 6. The Morgan fingerprint density at radius 3 is 0.765 bits per heavy atom. The zero-order valence-electron chi connectivity index (χ0n) is 53.0. The lowest BCUT2D eigenvalue weighted by Crippen LogP contribution is -2.30. The van der Waals surface area contributed by atoms with E-state index in [-0.39, 0.29) is 31.1 Å². The van der Waals surface area contributed by atoms with Gasteiger partial charge in [-0.1, -0.05) is 290 Å². The van der Waals surface area contributed by atoms with Gasteiger partial charge in [-0.2, -0.15) is 0 Å². The number of carbonyl (C=O) groups excluding carboxylic acids is 3. The first kappa shape index (κ1) is 76.8. The topological polar surface area (TPSA) is 78.9 Å². The van der Waals surface area contributed by atoms with Gasteiger partial charge in [0.25, 0.3) is 0 Å². The third kappa shape index (κ3) is 66.5. The standard InChI is InChI=1S/C75H126O6/c1-4-7-10-13-16-19-22-25-28-31-33-35-36-37-38-40-41-44-47-50-53-56-59-62-65-68-74(77)80-71-72(70-79-73(76)67-64-61-58-55-52-49-46-43-30-27-24-21-18-15-12-9-6-3)81-75(78)69-66-63-60-57-54-51-48-45-42-39-34-32-29-26-23-20-17-14-11-8-5-2/h7-8,10-11,16-17,19-20,25-30,33-35,37-39,72H,4-6,9,12-15,18,21-24,31-32,36,40-71H2,1-3H3/b10-7-,11-8-,19-16-,20-17-,28-25-,29-26-,30-27-,35-33-,38-37-,39-34-. The van der Waals surface area contributed by atoms with Gasteiger partial charge in [0.1, 0.15) is 13.2 Å². The lowest BCUT2D eigenvalue weighted by molar-refractivity contribution is -0.167. The van der Waals surface area contributed by atoms with Crippen molar-refractivity contribution in [1.29, 1.82) is 0 Å². The minimum absolute atomic E-state index is 0.0864. The van der Waals surface area contributed by atoms with Gasteiger partial charge < -0.3 is 14.2 Å². The van der Waals surface area contributed by atoms with Crippen LogP contribution in [-0.4, -0.2) is 37.2 Å². The molecule has 0 aliphatic carbocycles. The highest BCUT2D eigenvalue weighted by molar-refractivity contribution is 5.71. The minimum atomic E-state index is -0.792. The van der Waals surface area contributed by atoms with Crippen LogP contribution in [0.5, 0.6) is 0 Å². The Hall–Kier alpha value is -4.19. The van der Waals surface area contributed by atoms with Crippen LogP contribution in [0.2, 0.25) is 0 Å². The first-order valence-corrected chi connectivity index (χ1v) is 34.0. The molecule has 6 nitrogen and oxygen atoms in total. The van der Waals surface area contributed by atoms with E-state index in [9.17, 15) is 14.4 Å². The predicted octanol–water partition coefficient (Wildman–Crippen LogP) is 23.6. The number of allylic oxidation sites excluding steroid dienone is 20. The molecule has 81 heavy (non-hydrogen) atoms. The quantitative estimate of drug-likeness (QED) is 0.0261. The fourth-order valence-corrected chi connectivity index (χ4v) is 9.40. The minimum Gasteiger partial charge on any atom is -0.462 e. The summed E-state index contributed by atoms with van der Waals surface area (Å²) in [7, 11) is 0. The van der Waals surface area contributed by atoms with Crippen molar-refractivity contribution in [3.05, 3.63) is 122 Å². The molecule has 0 amide bonds. The van der Waals surface area contributed by atoms with E-state index in [0.717, 1.165) is 128 Å². The second-order valence-electron chi connectivity index (χ2n) is 22.3. The summed E-state index contributed by atoms with van der Waals surface area (Å²) in [6.07, 6.45) is 94.9. The molecule has 0 saturated carbocycles. The van der Waals surface area contributed by atoms with E-state index in [1.165, 1.54) is 148 Å². The molecular weight excluding hydrogens is 997 g/mol. The van der Waals surface area contributed by atoms with Gasteiger partial charge in [-0.05, 0) is 128 Å². The van der Waals surface area contributed by atoms with Crippen molar-refractivity contribution >= 4 is 17.9 Å². The van der Waals surface area contributed by atoms with Crippen LogP contribution in [0, 0.1) is 0 Å². The Balaban J connectivity index is 4.40. The highest BCUT2D eigenvalue weighted by atomic mass is 16.6. The first-order chi connectivity index (χ1) is 40.0. The second-order valence-corrected chi connectivity index (χ2v) is 22.3. The molecular formula is C75H126O6. The largest absolute Gasteiger partial charge is 0.462 e. The summed E-state index contributed by atoms with van der Waals surface area (Å²) in [4.78, 5) is 38.5. The average molecular weight is 1120 g/mol. The SMILES string of the molecule is CC/C=C\C/C=C\C/C=C\C/C=C\C/C=C\CCCCCCCCCCCC(=O)OCC(COC(=O)CCCCCCCCC/C=C\CCCCCCCC)OC(=O)CCCCCCCCCC/C=C\C/C=C\C/C=C\C/C=C\CC. The molecule has 0 radical (unpaired) electrons. The van der Waals surface area contributed by atoms with Crippen LogP contribution in [0.15, 0.2) is 122 Å². The summed E-state index contributed by atoms with van der Waals surface area (Å²) in [5, 5.41) is 0. The number of unbranched alkanes of at least 4 members (excludes halogenated alkanes) is 30. The molecule has 0 fully saturated rings.